The number of likely N-dealkylation sites (N-methyl/N-ethyl adjacent to an activating group) is 1. The van der Waals surface area contributed by atoms with Gasteiger partial charge in [0.2, 0.25) is 0 Å². The fraction of sp³-hybridized carbons (Fsp3) is 0.267. The van der Waals surface area contributed by atoms with Gasteiger partial charge in [0.05, 0.1) is 29.5 Å². The van der Waals surface area contributed by atoms with Crippen molar-refractivity contribution in [3.05, 3.63) is 40.8 Å². The van der Waals surface area contributed by atoms with Crippen molar-refractivity contribution in [2.24, 2.45) is 10.7 Å². The van der Waals surface area contributed by atoms with Crippen LogP contribution in [0.1, 0.15) is 5.69 Å². The van der Waals surface area contributed by atoms with E-state index in [0.29, 0.717) is 0 Å². The fourth-order valence-corrected chi connectivity index (χ4v) is 2.09. The number of allylic oxidation sites excluding steroid dienone is 1. The number of halogens is 1. The molecule has 1 aromatic heterocycles. The molecular formula is C15H18BrN5. The number of nitrogens with zero attached hydrogens (tertiary/aromatic N) is 4. The molecule has 0 saturated heterocycles. The zero-order chi connectivity index (χ0) is 15.2. The van der Waals surface area contributed by atoms with Gasteiger partial charge in [-0.05, 0) is 32.3 Å². The average molecular weight is 348 g/mol. The number of benzene rings is 1. The first-order chi connectivity index (χ1) is 10.1. The van der Waals surface area contributed by atoms with Gasteiger partial charge in [0, 0.05) is 29.0 Å². The van der Waals surface area contributed by atoms with E-state index < -0.39 is 0 Å². The number of aromatic nitrogens is 2. The lowest BCUT2D eigenvalue weighted by Crippen LogP contribution is -2.15. The largest absolute Gasteiger partial charge is 0.404 e. The smallest absolute Gasteiger partial charge is 0.0922 e. The van der Waals surface area contributed by atoms with E-state index in [1.807, 2.05) is 32.3 Å². The molecule has 110 valence electrons. The van der Waals surface area contributed by atoms with Gasteiger partial charge in [-0.2, -0.15) is 0 Å². The van der Waals surface area contributed by atoms with Crippen LogP contribution in [0.25, 0.3) is 16.6 Å². The summed E-state index contributed by atoms with van der Waals surface area (Å²) in [6.45, 7) is 1.61. The highest BCUT2D eigenvalue weighted by Gasteiger charge is 2.04. The zero-order valence-electron chi connectivity index (χ0n) is 12.1. The molecule has 1 heterocycles. The summed E-state index contributed by atoms with van der Waals surface area (Å²) in [4.78, 5) is 15.4. The lowest BCUT2D eigenvalue weighted by molar-refractivity contribution is 0.421. The van der Waals surface area contributed by atoms with Gasteiger partial charge in [0.1, 0.15) is 0 Å². The SMILES string of the molecule is CN(C)CCN=CC(=CN)c1cnc2ccc(Br)cc2n1. The molecule has 0 atom stereocenters. The Morgan fingerprint density at radius 3 is 2.90 bits per heavy atom. The second kappa shape index (κ2) is 7.28. The average Bonchev–Trinajstić information content (AvgIpc) is 2.46. The van der Waals surface area contributed by atoms with Crippen molar-refractivity contribution >= 4 is 38.8 Å². The minimum absolute atomic E-state index is 0.719. The van der Waals surface area contributed by atoms with Crippen LogP contribution in [0.2, 0.25) is 0 Å². The number of rotatable bonds is 5. The monoisotopic (exact) mass is 347 g/mol. The summed E-state index contributed by atoms with van der Waals surface area (Å²) in [6.07, 6.45) is 4.97. The van der Waals surface area contributed by atoms with E-state index in [1.54, 1.807) is 12.4 Å². The Morgan fingerprint density at radius 1 is 1.38 bits per heavy atom. The molecule has 6 heteroatoms. The van der Waals surface area contributed by atoms with Gasteiger partial charge in [-0.1, -0.05) is 15.9 Å². The Labute approximate surface area is 132 Å². The summed E-state index contributed by atoms with van der Waals surface area (Å²) in [6, 6.07) is 5.80. The predicted molar refractivity (Wildman–Crippen MR) is 91.3 cm³/mol. The van der Waals surface area contributed by atoms with Crippen LogP contribution in [0, 0.1) is 0 Å². The maximum absolute atomic E-state index is 5.68. The highest BCUT2D eigenvalue weighted by Crippen LogP contribution is 2.18. The number of nitrogens with two attached hydrogens (primary N) is 1. The second-order valence-electron chi connectivity index (χ2n) is 4.85. The molecule has 2 N–H and O–H groups in total. The van der Waals surface area contributed by atoms with Gasteiger partial charge in [0.15, 0.2) is 0 Å². The van der Waals surface area contributed by atoms with Crippen LogP contribution < -0.4 is 5.73 Å². The van der Waals surface area contributed by atoms with Crippen molar-refractivity contribution < 1.29 is 0 Å². The van der Waals surface area contributed by atoms with Gasteiger partial charge in [-0.3, -0.25) is 9.98 Å². The number of fused-ring (bicyclic) bond motifs is 1. The third-order valence-electron chi connectivity index (χ3n) is 2.89. The van der Waals surface area contributed by atoms with Crippen LogP contribution in [0.3, 0.4) is 0 Å². The van der Waals surface area contributed by atoms with Crippen LogP contribution in [-0.2, 0) is 0 Å². The minimum atomic E-state index is 0.719. The summed E-state index contributed by atoms with van der Waals surface area (Å²) in [5.74, 6) is 0. The molecule has 21 heavy (non-hydrogen) atoms. The highest BCUT2D eigenvalue weighted by molar-refractivity contribution is 9.10. The molecule has 0 fully saturated rings. The van der Waals surface area contributed by atoms with Crippen molar-refractivity contribution in [1.82, 2.24) is 14.9 Å². The number of aliphatic imine (C=N–C) groups is 1. The molecule has 1 aromatic carbocycles. The third-order valence-corrected chi connectivity index (χ3v) is 3.38. The summed E-state index contributed by atoms with van der Waals surface area (Å²) in [7, 11) is 4.03. The van der Waals surface area contributed by atoms with Crippen LogP contribution >= 0.6 is 15.9 Å². The molecule has 0 aliphatic heterocycles. The first kappa shape index (κ1) is 15.6. The van der Waals surface area contributed by atoms with E-state index in [0.717, 1.165) is 39.9 Å². The summed E-state index contributed by atoms with van der Waals surface area (Å²) < 4.78 is 0.972. The molecular weight excluding hydrogens is 330 g/mol. The number of hydrogen-bond donors (Lipinski definition) is 1. The van der Waals surface area contributed by atoms with Crippen LogP contribution in [0.15, 0.2) is 40.1 Å². The van der Waals surface area contributed by atoms with E-state index in [-0.39, 0.29) is 0 Å². The van der Waals surface area contributed by atoms with Crippen molar-refractivity contribution in [3.63, 3.8) is 0 Å². The molecule has 0 aliphatic rings. The lowest BCUT2D eigenvalue weighted by atomic mass is 10.2. The Hall–Kier alpha value is -1.79. The van der Waals surface area contributed by atoms with Gasteiger partial charge in [-0.25, -0.2) is 4.98 Å². The summed E-state index contributed by atoms with van der Waals surface area (Å²) in [5, 5.41) is 0. The molecule has 0 amide bonds. The summed E-state index contributed by atoms with van der Waals surface area (Å²) in [5.41, 5.74) is 8.84. The predicted octanol–water partition coefficient (Wildman–Crippen LogP) is 2.32. The van der Waals surface area contributed by atoms with E-state index in [9.17, 15) is 0 Å². The Kier molecular flexibility index (Phi) is 5.41. The van der Waals surface area contributed by atoms with Crippen molar-refractivity contribution in [1.29, 1.82) is 0 Å². The first-order valence-corrected chi connectivity index (χ1v) is 7.38. The highest BCUT2D eigenvalue weighted by atomic mass is 79.9. The van der Waals surface area contributed by atoms with E-state index >= 15 is 0 Å². The maximum Gasteiger partial charge on any atom is 0.0922 e. The first-order valence-electron chi connectivity index (χ1n) is 6.59. The van der Waals surface area contributed by atoms with Crippen molar-refractivity contribution in [2.45, 2.75) is 0 Å². The normalized spacial score (nSPS) is 12.7. The maximum atomic E-state index is 5.68. The van der Waals surface area contributed by atoms with Crippen molar-refractivity contribution in [3.8, 4) is 0 Å². The van der Waals surface area contributed by atoms with Crippen molar-refractivity contribution in [2.75, 3.05) is 27.2 Å². The van der Waals surface area contributed by atoms with Gasteiger partial charge in [0.25, 0.3) is 0 Å². The van der Waals surface area contributed by atoms with Gasteiger partial charge < -0.3 is 10.6 Å². The van der Waals surface area contributed by atoms with E-state index in [1.165, 1.54) is 6.20 Å². The summed E-state index contributed by atoms with van der Waals surface area (Å²) >= 11 is 3.44. The molecule has 0 unspecified atom stereocenters. The Bertz CT molecular complexity index is 679. The standard InChI is InChI=1S/C15H18BrN5/c1-21(2)6-5-18-9-11(8-17)15-10-19-13-4-3-12(16)7-14(13)20-15/h3-4,7-10H,5-6,17H2,1-2H3. The molecule has 2 rings (SSSR count). The Morgan fingerprint density at radius 2 is 2.19 bits per heavy atom. The molecule has 0 radical (unpaired) electrons. The Balaban J connectivity index is 2.22. The quantitative estimate of drug-likeness (QED) is 0.842. The fourth-order valence-electron chi connectivity index (χ4n) is 1.74. The lowest BCUT2D eigenvalue weighted by Gasteiger charge is -2.06. The van der Waals surface area contributed by atoms with Crippen LogP contribution in [0.5, 0.6) is 0 Å². The third kappa shape index (κ3) is 4.34. The number of hydrogen-bond acceptors (Lipinski definition) is 5. The van der Waals surface area contributed by atoms with Gasteiger partial charge >= 0.3 is 0 Å². The van der Waals surface area contributed by atoms with Crippen LogP contribution in [0.4, 0.5) is 0 Å². The van der Waals surface area contributed by atoms with Gasteiger partial charge in [-0.15, -0.1) is 0 Å². The molecule has 0 spiro atoms. The zero-order valence-corrected chi connectivity index (χ0v) is 13.7. The second-order valence-corrected chi connectivity index (χ2v) is 5.76. The van der Waals surface area contributed by atoms with Crippen LogP contribution in [-0.4, -0.2) is 48.3 Å². The molecule has 0 saturated carbocycles. The molecule has 2 aromatic rings. The molecule has 0 bridgehead atoms. The van der Waals surface area contributed by atoms with E-state index in [2.05, 4.69) is 35.8 Å². The molecule has 5 nitrogen and oxygen atoms in total. The minimum Gasteiger partial charge on any atom is -0.404 e. The molecule has 0 aliphatic carbocycles. The van der Waals surface area contributed by atoms with E-state index in [4.69, 9.17) is 5.73 Å². The topological polar surface area (TPSA) is 67.4 Å².